The van der Waals surface area contributed by atoms with Crippen molar-refractivity contribution < 1.29 is 9.90 Å². The second kappa shape index (κ2) is 9.41. The number of nitrogens with zero attached hydrogens (tertiary/aromatic N) is 4. The number of carbonyl (C=O) groups is 1. The number of nitrogens with two attached hydrogens (primary N) is 1. The third-order valence-electron chi connectivity index (χ3n) is 7.06. The lowest BCUT2D eigenvalue weighted by Gasteiger charge is -2.26. The molecule has 0 aliphatic heterocycles. The highest BCUT2D eigenvalue weighted by Crippen LogP contribution is 2.40. The molecule has 1 aliphatic carbocycles. The fourth-order valence-electron chi connectivity index (χ4n) is 4.86. The predicted molar refractivity (Wildman–Crippen MR) is 140 cm³/mol. The standard InChI is InChI=1S/C27H28BrN5O2/c1-15(2)16-3-5-17(6-4-16)22-12-11-20(13-30-22)21-14-31-33-25(29)23(28)24(32-26(21)33)18-7-9-19(10-8-18)27(34)35/h3-6,11-15,18-19H,7-10,29H2,1-2H3,(H,34,35)/t18-,19-. The fraction of sp³-hybridized carbons (Fsp3) is 0.333. The quantitative estimate of drug-likeness (QED) is 0.312. The Balaban J connectivity index is 1.46. The van der Waals surface area contributed by atoms with E-state index in [4.69, 9.17) is 15.7 Å². The van der Waals surface area contributed by atoms with E-state index in [0.29, 0.717) is 30.2 Å². The molecule has 3 aromatic heterocycles. The summed E-state index contributed by atoms with van der Waals surface area (Å²) in [6, 6.07) is 12.6. The molecule has 5 rings (SSSR count). The van der Waals surface area contributed by atoms with Crippen LogP contribution in [0.1, 0.15) is 62.6 Å². The van der Waals surface area contributed by atoms with Gasteiger partial charge in [-0.1, -0.05) is 44.2 Å². The summed E-state index contributed by atoms with van der Waals surface area (Å²) < 4.78 is 2.38. The highest BCUT2D eigenvalue weighted by Gasteiger charge is 2.30. The van der Waals surface area contributed by atoms with Gasteiger partial charge in [-0.3, -0.25) is 9.78 Å². The van der Waals surface area contributed by atoms with Crippen LogP contribution in [0.3, 0.4) is 0 Å². The van der Waals surface area contributed by atoms with Gasteiger partial charge in [-0.2, -0.15) is 9.61 Å². The van der Waals surface area contributed by atoms with Gasteiger partial charge in [-0.15, -0.1) is 0 Å². The number of benzene rings is 1. The Kier molecular flexibility index (Phi) is 6.32. The smallest absolute Gasteiger partial charge is 0.306 e. The molecule has 0 bridgehead atoms. The van der Waals surface area contributed by atoms with Gasteiger partial charge in [0, 0.05) is 28.8 Å². The van der Waals surface area contributed by atoms with Crippen molar-refractivity contribution in [3.63, 3.8) is 0 Å². The Labute approximate surface area is 212 Å². The molecular weight excluding hydrogens is 506 g/mol. The number of aliphatic carboxylic acids is 1. The second-order valence-electron chi connectivity index (χ2n) is 9.59. The van der Waals surface area contributed by atoms with Crippen LogP contribution in [-0.2, 0) is 4.79 Å². The monoisotopic (exact) mass is 533 g/mol. The molecule has 180 valence electrons. The zero-order chi connectivity index (χ0) is 24.7. The van der Waals surface area contributed by atoms with Crippen molar-refractivity contribution in [2.45, 2.75) is 51.4 Å². The first-order valence-corrected chi connectivity index (χ1v) is 12.7. The first kappa shape index (κ1) is 23.5. The minimum atomic E-state index is -0.713. The lowest BCUT2D eigenvalue weighted by molar-refractivity contribution is -0.142. The summed E-state index contributed by atoms with van der Waals surface area (Å²) in [5.41, 5.74) is 13.0. The molecule has 4 aromatic rings. The normalized spacial score (nSPS) is 18.3. The number of carboxylic acids is 1. The average molecular weight is 534 g/mol. The molecule has 0 atom stereocenters. The Morgan fingerprint density at radius 3 is 2.34 bits per heavy atom. The lowest BCUT2D eigenvalue weighted by atomic mass is 9.80. The molecule has 3 heterocycles. The van der Waals surface area contributed by atoms with E-state index < -0.39 is 5.97 Å². The Morgan fingerprint density at radius 1 is 1.06 bits per heavy atom. The first-order chi connectivity index (χ1) is 16.8. The van der Waals surface area contributed by atoms with Crippen LogP contribution in [0.15, 0.2) is 53.3 Å². The molecule has 0 unspecified atom stereocenters. The van der Waals surface area contributed by atoms with Gasteiger partial charge in [-0.25, -0.2) is 4.98 Å². The number of hydrogen-bond acceptors (Lipinski definition) is 5. The van der Waals surface area contributed by atoms with Crippen LogP contribution in [0.4, 0.5) is 5.82 Å². The summed E-state index contributed by atoms with van der Waals surface area (Å²) in [7, 11) is 0. The summed E-state index contributed by atoms with van der Waals surface area (Å²) in [6.07, 6.45) is 6.45. The highest BCUT2D eigenvalue weighted by atomic mass is 79.9. The average Bonchev–Trinajstić information content (AvgIpc) is 3.30. The molecule has 7 nitrogen and oxygen atoms in total. The van der Waals surface area contributed by atoms with Gasteiger partial charge in [0.05, 0.1) is 28.0 Å². The van der Waals surface area contributed by atoms with Crippen molar-refractivity contribution in [3.05, 3.63) is 64.5 Å². The van der Waals surface area contributed by atoms with Gasteiger partial charge >= 0.3 is 5.97 Å². The number of aromatic nitrogens is 4. The highest BCUT2D eigenvalue weighted by molar-refractivity contribution is 9.10. The molecule has 0 spiro atoms. The molecule has 0 amide bonds. The molecule has 1 fully saturated rings. The number of hydrogen-bond donors (Lipinski definition) is 2. The van der Waals surface area contributed by atoms with E-state index in [2.05, 4.69) is 59.1 Å². The molecule has 1 aliphatic rings. The minimum absolute atomic E-state index is 0.157. The van der Waals surface area contributed by atoms with Crippen molar-refractivity contribution in [1.29, 1.82) is 0 Å². The minimum Gasteiger partial charge on any atom is -0.481 e. The van der Waals surface area contributed by atoms with Crippen molar-refractivity contribution in [2.24, 2.45) is 5.92 Å². The van der Waals surface area contributed by atoms with E-state index >= 15 is 0 Å². The summed E-state index contributed by atoms with van der Waals surface area (Å²) in [6.45, 7) is 4.37. The van der Waals surface area contributed by atoms with Gasteiger partial charge in [0.2, 0.25) is 0 Å². The summed E-state index contributed by atoms with van der Waals surface area (Å²) >= 11 is 3.62. The maximum Gasteiger partial charge on any atom is 0.306 e. The Hall–Kier alpha value is -3.26. The summed E-state index contributed by atoms with van der Waals surface area (Å²) in [4.78, 5) is 21.0. The third kappa shape index (κ3) is 4.43. The topological polar surface area (TPSA) is 106 Å². The molecular formula is C27H28BrN5O2. The summed E-state index contributed by atoms with van der Waals surface area (Å²) in [5.74, 6) is 0.154. The largest absolute Gasteiger partial charge is 0.481 e. The molecule has 0 radical (unpaired) electrons. The van der Waals surface area contributed by atoms with E-state index in [-0.39, 0.29) is 11.8 Å². The molecule has 35 heavy (non-hydrogen) atoms. The Morgan fingerprint density at radius 2 is 1.74 bits per heavy atom. The van der Waals surface area contributed by atoms with Crippen molar-refractivity contribution in [2.75, 3.05) is 5.73 Å². The first-order valence-electron chi connectivity index (χ1n) is 12.0. The van der Waals surface area contributed by atoms with Crippen molar-refractivity contribution in [1.82, 2.24) is 19.6 Å². The van der Waals surface area contributed by atoms with E-state index in [1.165, 1.54) is 5.56 Å². The lowest BCUT2D eigenvalue weighted by Crippen LogP contribution is -2.21. The van der Waals surface area contributed by atoms with Crippen molar-refractivity contribution >= 4 is 33.4 Å². The number of anilines is 1. The molecule has 8 heteroatoms. The fourth-order valence-corrected chi connectivity index (χ4v) is 5.44. The molecule has 1 aromatic carbocycles. The van der Waals surface area contributed by atoms with Gasteiger partial charge in [-0.05, 0) is 59.2 Å². The number of carboxylic acid groups (broad SMARTS) is 1. The SMILES string of the molecule is CC(C)c1ccc(-c2ccc(-c3cnn4c(N)c(Br)c([C@H]5CC[C@H](C(=O)O)CC5)nc34)cn2)cc1. The van der Waals surface area contributed by atoms with Crippen LogP contribution in [0.25, 0.3) is 28.0 Å². The predicted octanol–water partition coefficient (Wildman–Crippen LogP) is 6.28. The van der Waals surface area contributed by atoms with E-state index in [9.17, 15) is 9.90 Å². The van der Waals surface area contributed by atoms with Gasteiger partial charge in [0.15, 0.2) is 5.65 Å². The van der Waals surface area contributed by atoms with Crippen molar-refractivity contribution in [3.8, 4) is 22.4 Å². The van der Waals surface area contributed by atoms with Crippen LogP contribution in [0, 0.1) is 5.92 Å². The summed E-state index contributed by atoms with van der Waals surface area (Å²) in [5, 5.41) is 13.8. The third-order valence-corrected chi connectivity index (χ3v) is 7.87. The van der Waals surface area contributed by atoms with E-state index in [0.717, 1.165) is 45.4 Å². The molecule has 0 saturated heterocycles. The molecule has 3 N–H and O–H groups in total. The van der Waals surface area contributed by atoms with Crippen LogP contribution in [-0.4, -0.2) is 30.7 Å². The van der Waals surface area contributed by atoms with E-state index in [1.807, 2.05) is 18.3 Å². The van der Waals surface area contributed by atoms with Gasteiger partial charge in [0.25, 0.3) is 0 Å². The number of nitrogen functional groups attached to an aromatic ring is 1. The zero-order valence-corrected chi connectivity index (χ0v) is 21.4. The maximum absolute atomic E-state index is 11.4. The van der Waals surface area contributed by atoms with Crippen LogP contribution in [0.2, 0.25) is 0 Å². The maximum atomic E-state index is 11.4. The Bertz CT molecular complexity index is 1370. The molecule has 1 saturated carbocycles. The number of fused-ring (bicyclic) bond motifs is 1. The van der Waals surface area contributed by atoms with Crippen LogP contribution >= 0.6 is 15.9 Å². The van der Waals surface area contributed by atoms with Crippen LogP contribution in [0.5, 0.6) is 0 Å². The number of pyridine rings is 1. The second-order valence-corrected chi connectivity index (χ2v) is 10.4. The number of halogens is 1. The van der Waals surface area contributed by atoms with Gasteiger partial charge < -0.3 is 10.8 Å². The number of rotatable bonds is 5. The van der Waals surface area contributed by atoms with E-state index in [1.54, 1.807) is 10.7 Å². The van der Waals surface area contributed by atoms with Gasteiger partial charge in [0.1, 0.15) is 5.82 Å². The zero-order valence-electron chi connectivity index (χ0n) is 19.8. The van der Waals surface area contributed by atoms with Crippen LogP contribution < -0.4 is 5.73 Å².